The summed E-state index contributed by atoms with van der Waals surface area (Å²) in [7, 11) is 0. The number of benzene rings is 1. The van der Waals surface area contributed by atoms with Gasteiger partial charge in [0, 0.05) is 11.0 Å². The molecule has 0 aliphatic carbocycles. The number of hydrogen-bond acceptors (Lipinski definition) is 3. The van der Waals surface area contributed by atoms with E-state index in [1.54, 1.807) is 32.0 Å². The molecule has 0 aliphatic heterocycles. The van der Waals surface area contributed by atoms with Gasteiger partial charge in [-0.15, -0.1) is 0 Å². The topological polar surface area (TPSA) is 75.6 Å². The summed E-state index contributed by atoms with van der Waals surface area (Å²) in [5.74, 6) is -0.941. The predicted octanol–water partition coefficient (Wildman–Crippen LogP) is 3.10. The van der Waals surface area contributed by atoms with Crippen LogP contribution in [-0.2, 0) is 9.59 Å². The molecular weight excluding hydrogens is 362 g/mol. The van der Waals surface area contributed by atoms with Gasteiger partial charge in [0.1, 0.15) is 5.75 Å². The molecule has 1 atom stereocenters. The van der Waals surface area contributed by atoms with Crippen LogP contribution in [0.5, 0.6) is 5.75 Å². The van der Waals surface area contributed by atoms with Gasteiger partial charge in [-0.05, 0) is 31.5 Å². The van der Waals surface area contributed by atoms with Crippen molar-refractivity contribution in [1.82, 2.24) is 5.32 Å². The van der Waals surface area contributed by atoms with E-state index >= 15 is 0 Å². The zero-order chi connectivity index (χ0) is 16.0. The maximum atomic E-state index is 11.7. The minimum absolute atomic E-state index is 0.0507. The first-order valence-corrected chi connectivity index (χ1v) is 7.53. The van der Waals surface area contributed by atoms with Crippen molar-refractivity contribution in [1.29, 1.82) is 0 Å². The summed E-state index contributed by atoms with van der Waals surface area (Å²) in [6.07, 6.45) is 0.419. The van der Waals surface area contributed by atoms with E-state index in [1.807, 2.05) is 0 Å². The van der Waals surface area contributed by atoms with E-state index < -0.39 is 17.3 Å². The Bertz CT molecular complexity index is 538. The molecule has 0 spiro atoms. The Morgan fingerprint density at radius 1 is 1.48 bits per heavy atom. The number of nitrogens with one attached hydrogen (secondary N) is 1. The second-order valence-corrected chi connectivity index (χ2v) is 6.18. The largest absolute Gasteiger partial charge is 0.482 e. The van der Waals surface area contributed by atoms with Crippen LogP contribution in [0.15, 0.2) is 22.7 Å². The second-order valence-electron chi connectivity index (χ2n) is 4.86. The summed E-state index contributed by atoms with van der Waals surface area (Å²) in [5, 5.41) is 12.1. The van der Waals surface area contributed by atoms with Gasteiger partial charge < -0.3 is 15.2 Å². The van der Waals surface area contributed by atoms with E-state index in [2.05, 4.69) is 21.2 Å². The fourth-order valence-corrected chi connectivity index (χ4v) is 2.16. The Morgan fingerprint density at radius 3 is 2.67 bits per heavy atom. The zero-order valence-corrected chi connectivity index (χ0v) is 14.1. The van der Waals surface area contributed by atoms with E-state index in [-0.39, 0.29) is 13.2 Å². The molecule has 0 aliphatic rings. The molecule has 1 amide bonds. The molecule has 7 heteroatoms. The lowest BCUT2D eigenvalue weighted by Crippen LogP contribution is -2.42. The number of aliphatic carboxylic acids is 1. The minimum atomic E-state index is -0.981. The average molecular weight is 379 g/mol. The van der Waals surface area contributed by atoms with Crippen molar-refractivity contribution >= 4 is 39.4 Å². The molecule has 1 aromatic rings. The van der Waals surface area contributed by atoms with Crippen LogP contribution < -0.4 is 10.1 Å². The SMILES string of the molecule is CCC(C)(CNC(=O)COc1ccc(Br)cc1Cl)C(=O)O. The molecule has 0 radical (unpaired) electrons. The number of hydrogen-bond donors (Lipinski definition) is 2. The molecule has 0 heterocycles. The van der Waals surface area contributed by atoms with Crippen molar-refractivity contribution in [2.75, 3.05) is 13.2 Å². The Balaban J connectivity index is 2.49. The smallest absolute Gasteiger partial charge is 0.311 e. The number of carbonyl (C=O) groups is 2. The second kappa shape index (κ2) is 7.66. The average Bonchev–Trinajstić information content (AvgIpc) is 2.43. The summed E-state index contributed by atoms with van der Waals surface area (Å²) in [5.41, 5.74) is -0.981. The molecule has 0 fully saturated rings. The molecule has 1 unspecified atom stereocenters. The number of ether oxygens (including phenoxy) is 1. The summed E-state index contributed by atoms with van der Waals surface area (Å²) < 4.78 is 6.11. The minimum Gasteiger partial charge on any atom is -0.482 e. The van der Waals surface area contributed by atoms with Crippen LogP contribution in [-0.4, -0.2) is 30.1 Å². The lowest BCUT2D eigenvalue weighted by Gasteiger charge is -2.23. The molecule has 2 N–H and O–H groups in total. The van der Waals surface area contributed by atoms with Crippen molar-refractivity contribution in [2.24, 2.45) is 5.41 Å². The van der Waals surface area contributed by atoms with Crippen LogP contribution in [0.25, 0.3) is 0 Å². The Hall–Kier alpha value is -1.27. The summed E-state index contributed by atoms with van der Waals surface area (Å²) in [4.78, 5) is 22.8. The van der Waals surface area contributed by atoms with Gasteiger partial charge in [0.2, 0.25) is 0 Å². The van der Waals surface area contributed by atoms with Crippen molar-refractivity contribution in [2.45, 2.75) is 20.3 Å². The normalized spacial score (nSPS) is 13.3. The van der Waals surface area contributed by atoms with Gasteiger partial charge in [0.15, 0.2) is 6.61 Å². The van der Waals surface area contributed by atoms with Crippen LogP contribution in [0.1, 0.15) is 20.3 Å². The number of halogens is 2. The molecule has 5 nitrogen and oxygen atoms in total. The van der Waals surface area contributed by atoms with E-state index in [9.17, 15) is 9.59 Å². The van der Waals surface area contributed by atoms with Crippen LogP contribution in [0.2, 0.25) is 5.02 Å². The first-order chi connectivity index (χ1) is 9.78. The van der Waals surface area contributed by atoms with Gasteiger partial charge in [-0.2, -0.15) is 0 Å². The molecule has 1 aromatic carbocycles. The van der Waals surface area contributed by atoms with Gasteiger partial charge in [-0.1, -0.05) is 34.5 Å². The third kappa shape index (κ3) is 5.21. The quantitative estimate of drug-likeness (QED) is 0.764. The van der Waals surface area contributed by atoms with Crippen LogP contribution in [0.4, 0.5) is 0 Å². The Labute approximate surface area is 136 Å². The molecule has 21 heavy (non-hydrogen) atoms. The van der Waals surface area contributed by atoms with Crippen molar-refractivity contribution < 1.29 is 19.4 Å². The highest BCUT2D eigenvalue weighted by atomic mass is 79.9. The fraction of sp³-hybridized carbons (Fsp3) is 0.429. The molecular formula is C14H17BrClNO4. The first kappa shape index (κ1) is 17.8. The summed E-state index contributed by atoms with van der Waals surface area (Å²) >= 11 is 9.23. The lowest BCUT2D eigenvalue weighted by atomic mass is 9.88. The van der Waals surface area contributed by atoms with Crippen LogP contribution in [0.3, 0.4) is 0 Å². The van der Waals surface area contributed by atoms with Gasteiger partial charge in [0.05, 0.1) is 10.4 Å². The standard InChI is InChI=1S/C14H17BrClNO4/c1-3-14(2,13(19)20)8-17-12(18)7-21-11-5-4-9(15)6-10(11)16/h4-6H,3,7-8H2,1-2H3,(H,17,18)(H,19,20). The van der Waals surface area contributed by atoms with E-state index in [1.165, 1.54) is 0 Å². The van der Waals surface area contributed by atoms with Gasteiger partial charge in [-0.25, -0.2) is 0 Å². The highest BCUT2D eigenvalue weighted by Gasteiger charge is 2.31. The summed E-state index contributed by atoms with van der Waals surface area (Å²) in [6, 6.07) is 5.05. The number of carboxylic acid groups (broad SMARTS) is 1. The first-order valence-electron chi connectivity index (χ1n) is 6.36. The van der Waals surface area contributed by atoms with E-state index in [0.717, 1.165) is 4.47 Å². The number of rotatable bonds is 7. The van der Waals surface area contributed by atoms with Gasteiger partial charge in [0.25, 0.3) is 5.91 Å². The fourth-order valence-electron chi connectivity index (χ4n) is 1.43. The third-order valence-electron chi connectivity index (χ3n) is 3.23. The van der Waals surface area contributed by atoms with Gasteiger partial charge >= 0.3 is 5.97 Å². The van der Waals surface area contributed by atoms with Crippen LogP contribution in [0, 0.1) is 5.41 Å². The monoisotopic (exact) mass is 377 g/mol. The molecule has 0 bridgehead atoms. The van der Waals surface area contributed by atoms with Crippen molar-refractivity contribution in [3.05, 3.63) is 27.7 Å². The third-order valence-corrected chi connectivity index (χ3v) is 4.01. The molecule has 1 rings (SSSR count). The lowest BCUT2D eigenvalue weighted by molar-refractivity contribution is -0.148. The zero-order valence-electron chi connectivity index (χ0n) is 11.8. The maximum absolute atomic E-state index is 11.7. The number of amides is 1. The Kier molecular flexibility index (Phi) is 6.48. The van der Waals surface area contributed by atoms with Crippen molar-refractivity contribution in [3.8, 4) is 5.75 Å². The van der Waals surface area contributed by atoms with Crippen LogP contribution >= 0.6 is 27.5 Å². The van der Waals surface area contributed by atoms with Crippen molar-refractivity contribution in [3.63, 3.8) is 0 Å². The maximum Gasteiger partial charge on any atom is 0.311 e. The number of carbonyl (C=O) groups excluding carboxylic acids is 1. The molecule has 0 saturated heterocycles. The molecule has 0 aromatic heterocycles. The molecule has 116 valence electrons. The van der Waals surface area contributed by atoms with Gasteiger partial charge in [-0.3, -0.25) is 9.59 Å². The van der Waals surface area contributed by atoms with E-state index in [4.69, 9.17) is 21.4 Å². The highest BCUT2D eigenvalue weighted by Crippen LogP contribution is 2.27. The predicted molar refractivity (Wildman–Crippen MR) is 83.7 cm³/mol. The Morgan fingerprint density at radius 2 is 2.14 bits per heavy atom. The van der Waals surface area contributed by atoms with E-state index in [0.29, 0.717) is 17.2 Å². The number of carboxylic acids is 1. The molecule has 0 saturated carbocycles. The highest BCUT2D eigenvalue weighted by molar-refractivity contribution is 9.10. The summed E-state index contributed by atoms with van der Waals surface area (Å²) in [6.45, 7) is 3.18.